The SMILES string of the molecule is c1cc2ccc3cc(-c4ccc5sc6ccc(-c7cc8ccc9cccc%10ccc(c7)c8c9%10)cc6c5c4)cc4ccc(c1)c2c34. The summed E-state index contributed by atoms with van der Waals surface area (Å²) in [5, 5.41) is 18.6. The molecule has 0 fully saturated rings. The molecule has 10 aromatic carbocycles. The van der Waals surface area contributed by atoms with Gasteiger partial charge in [0, 0.05) is 20.2 Å². The first-order chi connectivity index (χ1) is 22.2. The first kappa shape index (κ1) is 23.9. The van der Waals surface area contributed by atoms with E-state index >= 15 is 0 Å². The van der Waals surface area contributed by atoms with Gasteiger partial charge in [0.1, 0.15) is 0 Å². The van der Waals surface area contributed by atoms with E-state index in [0.717, 1.165) is 0 Å². The smallest absolute Gasteiger partial charge is 0.0355 e. The van der Waals surface area contributed by atoms with Gasteiger partial charge in [0.05, 0.1) is 0 Å². The third kappa shape index (κ3) is 3.31. The lowest BCUT2D eigenvalue weighted by atomic mass is 9.90. The molecular formula is C44H24S. The second-order valence-corrected chi connectivity index (χ2v) is 13.6. The van der Waals surface area contributed by atoms with Crippen LogP contribution in [0.5, 0.6) is 0 Å². The van der Waals surface area contributed by atoms with Gasteiger partial charge in [0.2, 0.25) is 0 Å². The van der Waals surface area contributed by atoms with Crippen LogP contribution in [0, 0.1) is 0 Å². The van der Waals surface area contributed by atoms with Crippen molar-refractivity contribution in [2.24, 2.45) is 0 Å². The topological polar surface area (TPSA) is 0 Å². The summed E-state index contributed by atoms with van der Waals surface area (Å²) in [4.78, 5) is 0. The van der Waals surface area contributed by atoms with Gasteiger partial charge in [0.25, 0.3) is 0 Å². The van der Waals surface area contributed by atoms with Crippen molar-refractivity contribution in [2.45, 2.75) is 0 Å². The number of rotatable bonds is 2. The minimum absolute atomic E-state index is 1.26. The van der Waals surface area contributed by atoms with Gasteiger partial charge >= 0.3 is 0 Å². The fraction of sp³-hybridized carbons (Fsp3) is 0. The van der Waals surface area contributed by atoms with Crippen LogP contribution in [0.4, 0.5) is 0 Å². The molecule has 0 unspecified atom stereocenters. The van der Waals surface area contributed by atoms with Crippen molar-refractivity contribution in [1.82, 2.24) is 0 Å². The summed E-state index contributed by atoms with van der Waals surface area (Å²) in [7, 11) is 0. The van der Waals surface area contributed by atoms with E-state index in [1.165, 1.54) is 107 Å². The summed E-state index contributed by atoms with van der Waals surface area (Å²) < 4.78 is 2.66. The van der Waals surface area contributed by atoms with Gasteiger partial charge in [0.15, 0.2) is 0 Å². The van der Waals surface area contributed by atoms with Crippen LogP contribution >= 0.6 is 11.3 Å². The first-order valence-corrected chi connectivity index (χ1v) is 16.4. The Morgan fingerprint density at radius 3 is 0.978 bits per heavy atom. The molecule has 1 heteroatoms. The molecule has 0 N–H and O–H groups in total. The predicted octanol–water partition coefficient (Wildman–Crippen LogP) is 13.2. The van der Waals surface area contributed by atoms with E-state index in [0.29, 0.717) is 0 Å². The quantitative estimate of drug-likeness (QED) is 0.177. The summed E-state index contributed by atoms with van der Waals surface area (Å²) in [6, 6.07) is 54.9. The van der Waals surface area contributed by atoms with Gasteiger partial charge < -0.3 is 0 Å². The summed E-state index contributed by atoms with van der Waals surface area (Å²) >= 11 is 1.89. The van der Waals surface area contributed by atoms with E-state index in [4.69, 9.17) is 0 Å². The highest BCUT2D eigenvalue weighted by Gasteiger charge is 2.14. The second-order valence-electron chi connectivity index (χ2n) is 12.5. The van der Waals surface area contributed by atoms with Crippen molar-refractivity contribution in [3.8, 4) is 22.3 Å². The zero-order valence-corrected chi connectivity index (χ0v) is 25.1. The molecule has 0 bridgehead atoms. The fourth-order valence-electron chi connectivity index (χ4n) is 7.98. The lowest BCUT2D eigenvalue weighted by Crippen LogP contribution is -1.86. The molecule has 0 nitrogen and oxygen atoms in total. The minimum Gasteiger partial charge on any atom is -0.135 e. The molecule has 206 valence electrons. The number of fused-ring (bicyclic) bond motifs is 3. The third-order valence-corrected chi connectivity index (χ3v) is 11.2. The molecule has 0 spiro atoms. The standard InChI is InChI=1S/C44H24S/c1-3-25-7-11-31-19-35(20-32-12-8-26(4-1)41(25)43(31)32)29-15-17-39-37(23-29)38-24-30(16-18-40(38)45-39)36-21-33-13-9-27-5-2-6-28-10-14-34(22-36)44(33)42(27)28/h1-24H. The number of hydrogen-bond acceptors (Lipinski definition) is 1. The van der Waals surface area contributed by atoms with Crippen molar-refractivity contribution in [1.29, 1.82) is 0 Å². The molecule has 45 heavy (non-hydrogen) atoms. The van der Waals surface area contributed by atoms with Gasteiger partial charge in [-0.15, -0.1) is 11.3 Å². The van der Waals surface area contributed by atoms with Gasteiger partial charge in [-0.05, 0) is 135 Å². The molecule has 0 aliphatic heterocycles. The van der Waals surface area contributed by atoms with Crippen LogP contribution < -0.4 is 0 Å². The minimum atomic E-state index is 1.26. The Morgan fingerprint density at radius 1 is 0.267 bits per heavy atom. The van der Waals surface area contributed by atoms with Gasteiger partial charge in [-0.2, -0.15) is 0 Å². The van der Waals surface area contributed by atoms with Crippen LogP contribution in [-0.4, -0.2) is 0 Å². The molecule has 0 saturated carbocycles. The van der Waals surface area contributed by atoms with Crippen LogP contribution in [0.25, 0.3) is 107 Å². The Labute approximate surface area is 263 Å². The fourth-order valence-corrected chi connectivity index (χ4v) is 9.04. The Morgan fingerprint density at radius 2 is 0.600 bits per heavy atom. The van der Waals surface area contributed by atoms with Crippen LogP contribution in [0.3, 0.4) is 0 Å². The monoisotopic (exact) mass is 584 g/mol. The summed E-state index contributed by atoms with van der Waals surface area (Å²) in [5.41, 5.74) is 5.07. The van der Waals surface area contributed by atoms with Crippen LogP contribution in [0.15, 0.2) is 146 Å². The van der Waals surface area contributed by atoms with E-state index in [1.54, 1.807) is 0 Å². The maximum absolute atomic E-state index is 2.41. The first-order valence-electron chi connectivity index (χ1n) is 15.6. The Balaban J connectivity index is 1.09. The number of hydrogen-bond donors (Lipinski definition) is 0. The van der Waals surface area contributed by atoms with Gasteiger partial charge in [-0.3, -0.25) is 0 Å². The van der Waals surface area contributed by atoms with Crippen molar-refractivity contribution in [3.63, 3.8) is 0 Å². The Bertz CT molecular complexity index is 2650. The van der Waals surface area contributed by atoms with E-state index in [1.807, 2.05) is 11.3 Å². The molecule has 0 aliphatic carbocycles. The van der Waals surface area contributed by atoms with E-state index < -0.39 is 0 Å². The molecule has 1 aromatic heterocycles. The molecule has 0 amide bonds. The molecule has 0 aliphatic rings. The number of thiophene rings is 1. The van der Waals surface area contributed by atoms with E-state index in [-0.39, 0.29) is 0 Å². The second kappa shape index (κ2) is 8.57. The highest BCUT2D eigenvalue weighted by Crippen LogP contribution is 2.42. The van der Waals surface area contributed by atoms with Gasteiger partial charge in [-0.1, -0.05) is 97.1 Å². The highest BCUT2D eigenvalue weighted by molar-refractivity contribution is 7.25. The largest absolute Gasteiger partial charge is 0.135 e. The lowest BCUT2D eigenvalue weighted by molar-refractivity contribution is 1.71. The maximum Gasteiger partial charge on any atom is 0.0355 e. The molecule has 0 atom stereocenters. The lowest BCUT2D eigenvalue weighted by Gasteiger charge is -2.13. The van der Waals surface area contributed by atoms with Crippen molar-refractivity contribution < 1.29 is 0 Å². The highest BCUT2D eigenvalue weighted by atomic mass is 32.1. The summed E-state index contributed by atoms with van der Waals surface area (Å²) in [6.45, 7) is 0. The van der Waals surface area contributed by atoms with Crippen LogP contribution in [0.2, 0.25) is 0 Å². The molecular weight excluding hydrogens is 561 g/mol. The zero-order chi connectivity index (χ0) is 29.2. The van der Waals surface area contributed by atoms with Crippen molar-refractivity contribution >= 4 is 96.1 Å². The zero-order valence-electron chi connectivity index (χ0n) is 24.3. The van der Waals surface area contributed by atoms with E-state index in [2.05, 4.69) is 146 Å². The average Bonchev–Trinajstić information content (AvgIpc) is 3.46. The third-order valence-electron chi connectivity index (χ3n) is 10.1. The normalized spacial score (nSPS) is 12.4. The Kier molecular flexibility index (Phi) is 4.55. The predicted molar refractivity (Wildman–Crippen MR) is 198 cm³/mol. The molecule has 0 saturated heterocycles. The molecule has 1 heterocycles. The van der Waals surface area contributed by atoms with Gasteiger partial charge in [-0.25, -0.2) is 0 Å². The Hall–Kier alpha value is -5.50. The maximum atomic E-state index is 2.41. The average molecular weight is 585 g/mol. The molecule has 11 aromatic rings. The van der Waals surface area contributed by atoms with Crippen molar-refractivity contribution in [2.75, 3.05) is 0 Å². The molecule has 11 rings (SSSR count). The molecule has 0 radical (unpaired) electrons. The van der Waals surface area contributed by atoms with E-state index in [9.17, 15) is 0 Å². The summed E-state index contributed by atoms with van der Waals surface area (Å²) in [5.74, 6) is 0. The van der Waals surface area contributed by atoms with Crippen molar-refractivity contribution in [3.05, 3.63) is 146 Å². The summed E-state index contributed by atoms with van der Waals surface area (Å²) in [6.07, 6.45) is 0. The van der Waals surface area contributed by atoms with Crippen LogP contribution in [-0.2, 0) is 0 Å². The number of benzene rings is 10. The van der Waals surface area contributed by atoms with Crippen LogP contribution in [0.1, 0.15) is 0 Å².